The molecule has 0 bridgehead atoms. The molecule has 0 N–H and O–H groups in total. The third-order valence-electron chi connectivity index (χ3n) is 3.55. The average molecular weight is 212 g/mol. The highest BCUT2D eigenvalue weighted by molar-refractivity contribution is 5.80. The Morgan fingerprint density at radius 3 is 2.38 bits per heavy atom. The molecule has 0 spiro atoms. The van der Waals surface area contributed by atoms with E-state index < -0.39 is 0 Å². The summed E-state index contributed by atoms with van der Waals surface area (Å²) in [5, 5.41) is 0. The fourth-order valence-corrected chi connectivity index (χ4v) is 2.68. The van der Waals surface area contributed by atoms with Gasteiger partial charge in [-0.05, 0) is 34.4 Å². The smallest absolute Gasteiger partial charge is 0.123 e. The Bertz CT molecular complexity index is 567. The third-order valence-corrected chi connectivity index (χ3v) is 3.55. The van der Waals surface area contributed by atoms with Gasteiger partial charge in [0, 0.05) is 5.41 Å². The lowest BCUT2D eigenvalue weighted by Crippen LogP contribution is -2.14. The monoisotopic (exact) mass is 212 g/mol. The van der Waals surface area contributed by atoms with Crippen LogP contribution in [0.15, 0.2) is 42.5 Å². The lowest BCUT2D eigenvalue weighted by Gasteiger charge is -2.21. The molecule has 0 fully saturated rings. The zero-order valence-electron chi connectivity index (χ0n) is 9.42. The molecule has 80 valence electrons. The second-order valence-corrected chi connectivity index (χ2v) is 4.86. The molecule has 2 aromatic carbocycles. The summed E-state index contributed by atoms with van der Waals surface area (Å²) in [6, 6.07) is 13.4. The number of hydrogen-bond donors (Lipinski definition) is 0. The van der Waals surface area contributed by atoms with Crippen LogP contribution in [0.4, 0.5) is 4.39 Å². The van der Waals surface area contributed by atoms with Gasteiger partial charge in [-0.3, -0.25) is 0 Å². The summed E-state index contributed by atoms with van der Waals surface area (Å²) in [5.41, 5.74) is 4.70. The zero-order chi connectivity index (χ0) is 11.3. The lowest BCUT2D eigenvalue weighted by molar-refractivity contribution is 0.609. The molecular formula is C15H13F. The van der Waals surface area contributed by atoms with Crippen molar-refractivity contribution in [1.82, 2.24) is 0 Å². The molecule has 0 aliphatic heterocycles. The molecule has 0 saturated carbocycles. The second kappa shape index (κ2) is 2.94. The topological polar surface area (TPSA) is 0 Å². The number of benzene rings is 2. The lowest BCUT2D eigenvalue weighted by atomic mass is 9.82. The summed E-state index contributed by atoms with van der Waals surface area (Å²) in [5.74, 6) is -0.153. The second-order valence-electron chi connectivity index (χ2n) is 4.86. The number of hydrogen-bond acceptors (Lipinski definition) is 0. The van der Waals surface area contributed by atoms with E-state index in [0.717, 1.165) is 5.56 Å². The quantitative estimate of drug-likeness (QED) is 0.616. The number of rotatable bonds is 0. The van der Waals surface area contributed by atoms with Crippen molar-refractivity contribution in [3.8, 4) is 11.1 Å². The van der Waals surface area contributed by atoms with Gasteiger partial charge in [-0.25, -0.2) is 4.39 Å². The molecule has 1 heteroatoms. The van der Waals surface area contributed by atoms with E-state index in [1.54, 1.807) is 6.07 Å². The largest absolute Gasteiger partial charge is 0.207 e. The summed E-state index contributed by atoms with van der Waals surface area (Å²) < 4.78 is 13.3. The van der Waals surface area contributed by atoms with Gasteiger partial charge < -0.3 is 0 Å². The maximum absolute atomic E-state index is 13.3. The van der Waals surface area contributed by atoms with Crippen molar-refractivity contribution in [3.05, 3.63) is 59.4 Å². The fourth-order valence-electron chi connectivity index (χ4n) is 2.68. The predicted molar refractivity (Wildman–Crippen MR) is 64.0 cm³/mol. The Morgan fingerprint density at radius 1 is 0.875 bits per heavy atom. The van der Waals surface area contributed by atoms with Crippen molar-refractivity contribution in [2.75, 3.05) is 0 Å². The van der Waals surface area contributed by atoms with E-state index in [1.807, 2.05) is 18.2 Å². The van der Waals surface area contributed by atoms with E-state index in [2.05, 4.69) is 26.0 Å². The van der Waals surface area contributed by atoms with E-state index in [0.29, 0.717) is 0 Å². The summed E-state index contributed by atoms with van der Waals surface area (Å²) in [6.07, 6.45) is 0. The van der Waals surface area contributed by atoms with Crippen LogP contribution in [0.25, 0.3) is 11.1 Å². The minimum Gasteiger partial charge on any atom is -0.207 e. The van der Waals surface area contributed by atoms with Crippen LogP contribution >= 0.6 is 0 Å². The van der Waals surface area contributed by atoms with Crippen LogP contribution in [-0.2, 0) is 5.41 Å². The molecule has 16 heavy (non-hydrogen) atoms. The first-order valence-corrected chi connectivity index (χ1v) is 5.50. The van der Waals surface area contributed by atoms with Gasteiger partial charge in [0.05, 0.1) is 0 Å². The third kappa shape index (κ3) is 1.09. The standard InChI is InChI=1S/C15H13F/c1-15(2)13-6-4-3-5-11(13)12-8-7-10(16)9-14(12)15/h3-9H,1-2H3. The molecular weight excluding hydrogens is 199 g/mol. The van der Waals surface area contributed by atoms with Gasteiger partial charge in [0.25, 0.3) is 0 Å². The first-order chi connectivity index (χ1) is 7.60. The van der Waals surface area contributed by atoms with Gasteiger partial charge in [-0.2, -0.15) is 0 Å². The molecule has 2 aromatic rings. The minimum absolute atomic E-state index is 0.0893. The van der Waals surface area contributed by atoms with E-state index in [4.69, 9.17) is 0 Å². The van der Waals surface area contributed by atoms with Gasteiger partial charge in [0.2, 0.25) is 0 Å². The molecule has 0 nitrogen and oxygen atoms in total. The maximum Gasteiger partial charge on any atom is 0.123 e. The Kier molecular flexibility index (Phi) is 1.76. The summed E-state index contributed by atoms with van der Waals surface area (Å²) >= 11 is 0. The fraction of sp³-hybridized carbons (Fsp3) is 0.200. The number of halogens is 1. The van der Waals surface area contributed by atoms with Crippen LogP contribution in [-0.4, -0.2) is 0 Å². The highest BCUT2D eigenvalue weighted by Crippen LogP contribution is 2.48. The predicted octanol–water partition coefficient (Wildman–Crippen LogP) is 4.13. The van der Waals surface area contributed by atoms with Crippen LogP contribution in [0.5, 0.6) is 0 Å². The molecule has 3 rings (SSSR count). The molecule has 0 atom stereocenters. The minimum atomic E-state index is -0.153. The Balaban J connectivity index is 2.39. The van der Waals surface area contributed by atoms with Gasteiger partial charge in [0.1, 0.15) is 5.82 Å². The Labute approximate surface area is 94.7 Å². The zero-order valence-corrected chi connectivity index (χ0v) is 9.42. The molecule has 0 aromatic heterocycles. The SMILES string of the molecule is CC1(C)c2ccccc2-c2ccc(F)cc21. The van der Waals surface area contributed by atoms with Gasteiger partial charge in [-0.15, -0.1) is 0 Å². The summed E-state index contributed by atoms with van der Waals surface area (Å²) in [6.45, 7) is 4.30. The Hall–Kier alpha value is -1.63. The average Bonchev–Trinajstić information content (AvgIpc) is 2.49. The molecule has 0 amide bonds. The first kappa shape index (κ1) is 9.59. The first-order valence-electron chi connectivity index (χ1n) is 5.50. The van der Waals surface area contributed by atoms with Crippen molar-refractivity contribution in [2.45, 2.75) is 19.3 Å². The van der Waals surface area contributed by atoms with Gasteiger partial charge in [-0.1, -0.05) is 44.2 Å². The van der Waals surface area contributed by atoms with Crippen molar-refractivity contribution >= 4 is 0 Å². The highest BCUT2D eigenvalue weighted by atomic mass is 19.1. The Morgan fingerprint density at radius 2 is 1.56 bits per heavy atom. The van der Waals surface area contributed by atoms with Gasteiger partial charge >= 0.3 is 0 Å². The van der Waals surface area contributed by atoms with Crippen molar-refractivity contribution in [3.63, 3.8) is 0 Å². The van der Waals surface area contributed by atoms with Crippen LogP contribution < -0.4 is 0 Å². The van der Waals surface area contributed by atoms with Crippen molar-refractivity contribution < 1.29 is 4.39 Å². The summed E-state index contributed by atoms with van der Waals surface area (Å²) in [7, 11) is 0. The van der Waals surface area contributed by atoms with E-state index in [9.17, 15) is 4.39 Å². The maximum atomic E-state index is 13.3. The molecule has 0 heterocycles. The van der Waals surface area contributed by atoms with E-state index in [1.165, 1.54) is 22.8 Å². The van der Waals surface area contributed by atoms with Crippen molar-refractivity contribution in [1.29, 1.82) is 0 Å². The van der Waals surface area contributed by atoms with Crippen molar-refractivity contribution in [2.24, 2.45) is 0 Å². The normalized spacial score (nSPS) is 15.7. The van der Waals surface area contributed by atoms with Crippen LogP contribution in [0, 0.1) is 5.82 Å². The van der Waals surface area contributed by atoms with Gasteiger partial charge in [0.15, 0.2) is 0 Å². The molecule has 0 unspecified atom stereocenters. The highest BCUT2D eigenvalue weighted by Gasteiger charge is 2.35. The molecule has 0 radical (unpaired) electrons. The molecule has 0 saturated heterocycles. The van der Waals surface area contributed by atoms with E-state index >= 15 is 0 Å². The summed E-state index contributed by atoms with van der Waals surface area (Å²) in [4.78, 5) is 0. The van der Waals surface area contributed by atoms with Crippen LogP contribution in [0.1, 0.15) is 25.0 Å². The van der Waals surface area contributed by atoms with E-state index in [-0.39, 0.29) is 11.2 Å². The molecule has 1 aliphatic rings. The molecule has 1 aliphatic carbocycles. The number of fused-ring (bicyclic) bond motifs is 3. The van der Waals surface area contributed by atoms with Crippen LogP contribution in [0.2, 0.25) is 0 Å². The van der Waals surface area contributed by atoms with Crippen LogP contribution in [0.3, 0.4) is 0 Å².